The summed E-state index contributed by atoms with van der Waals surface area (Å²) in [7, 11) is 0. The van der Waals surface area contributed by atoms with Gasteiger partial charge in [0.2, 0.25) is 5.91 Å². The number of rotatable bonds is 23. The van der Waals surface area contributed by atoms with E-state index in [0.717, 1.165) is 31.7 Å². The summed E-state index contributed by atoms with van der Waals surface area (Å²) in [6.07, 6.45) is 18.7. The van der Waals surface area contributed by atoms with Crippen molar-refractivity contribution in [2.75, 3.05) is 39.4 Å². The molecule has 0 spiro atoms. The van der Waals surface area contributed by atoms with E-state index in [1.165, 1.54) is 70.6 Å². The predicted octanol–water partition coefficient (Wildman–Crippen LogP) is 4.90. The molecule has 0 saturated heterocycles. The Hall–Kier alpha value is -0.650. The van der Waals surface area contributed by atoms with E-state index in [1.807, 2.05) is 4.90 Å². The number of unbranched alkanes of at least 4 members (excludes halogenated alkanes) is 11. The highest BCUT2D eigenvalue weighted by molar-refractivity contribution is 5.75. The van der Waals surface area contributed by atoms with E-state index in [9.17, 15) is 4.79 Å². The van der Waals surface area contributed by atoms with Crippen LogP contribution in [-0.2, 0) is 4.79 Å². The lowest BCUT2D eigenvalue weighted by Gasteiger charge is -2.19. The molecule has 0 aliphatic rings. The van der Waals surface area contributed by atoms with Gasteiger partial charge in [0, 0.05) is 26.1 Å². The fraction of sp³-hybridized carbons (Fsp3) is 0.960. The van der Waals surface area contributed by atoms with E-state index in [2.05, 4.69) is 19.2 Å². The van der Waals surface area contributed by atoms with E-state index >= 15 is 0 Å². The van der Waals surface area contributed by atoms with Crippen LogP contribution >= 0.6 is 0 Å². The van der Waals surface area contributed by atoms with Gasteiger partial charge in [0.05, 0.1) is 13.2 Å². The first kappa shape index (κ1) is 29.4. The van der Waals surface area contributed by atoms with Crippen molar-refractivity contribution in [2.24, 2.45) is 5.92 Å². The molecule has 1 amide bonds. The molecule has 0 aliphatic heterocycles. The maximum absolute atomic E-state index is 11.9. The molecule has 30 heavy (non-hydrogen) atoms. The van der Waals surface area contributed by atoms with Crippen LogP contribution in [0, 0.1) is 5.92 Å². The average Bonchev–Trinajstić information content (AvgIpc) is 2.71. The van der Waals surface area contributed by atoms with Crippen molar-refractivity contribution in [1.29, 1.82) is 0 Å². The molecule has 5 nitrogen and oxygen atoms in total. The molecule has 0 radical (unpaired) electrons. The summed E-state index contributed by atoms with van der Waals surface area (Å²) in [6.45, 7) is 7.44. The smallest absolute Gasteiger partial charge is 0.219 e. The van der Waals surface area contributed by atoms with Crippen LogP contribution in [0.4, 0.5) is 0 Å². The molecule has 0 aromatic carbocycles. The van der Waals surface area contributed by atoms with E-state index in [-0.39, 0.29) is 19.1 Å². The molecule has 0 unspecified atom stereocenters. The first-order valence-electron chi connectivity index (χ1n) is 12.8. The molecule has 0 aromatic heterocycles. The molecule has 0 bridgehead atoms. The van der Waals surface area contributed by atoms with Crippen LogP contribution in [0.3, 0.4) is 0 Å². The lowest BCUT2D eigenvalue weighted by atomic mass is 10.0. The van der Waals surface area contributed by atoms with Crippen molar-refractivity contribution >= 4 is 5.91 Å². The number of carbonyl (C=O) groups is 1. The number of carbonyl (C=O) groups excluding carboxylic acids is 1. The molecule has 0 aromatic rings. The van der Waals surface area contributed by atoms with E-state index < -0.39 is 0 Å². The van der Waals surface area contributed by atoms with Crippen LogP contribution in [0.25, 0.3) is 0 Å². The fourth-order valence-electron chi connectivity index (χ4n) is 3.84. The zero-order chi connectivity index (χ0) is 22.3. The summed E-state index contributed by atoms with van der Waals surface area (Å²) in [4.78, 5) is 13.9. The van der Waals surface area contributed by atoms with Crippen LogP contribution in [0.2, 0.25) is 0 Å². The molecule has 5 heteroatoms. The summed E-state index contributed by atoms with van der Waals surface area (Å²) < 4.78 is 0. The topological polar surface area (TPSA) is 72.8 Å². The summed E-state index contributed by atoms with van der Waals surface area (Å²) in [6, 6.07) is 0. The summed E-state index contributed by atoms with van der Waals surface area (Å²) >= 11 is 0. The molecule has 0 fully saturated rings. The van der Waals surface area contributed by atoms with Crippen molar-refractivity contribution in [3.63, 3.8) is 0 Å². The normalized spacial score (nSPS) is 11.5. The lowest BCUT2D eigenvalue weighted by Crippen LogP contribution is -2.33. The number of hydrogen-bond acceptors (Lipinski definition) is 4. The maximum Gasteiger partial charge on any atom is 0.219 e. The Balaban J connectivity index is 3.29. The molecule has 3 N–H and O–H groups in total. The van der Waals surface area contributed by atoms with Gasteiger partial charge < -0.3 is 15.5 Å². The van der Waals surface area contributed by atoms with Gasteiger partial charge in [-0.3, -0.25) is 9.69 Å². The number of hydrogen-bond donors (Lipinski definition) is 3. The maximum atomic E-state index is 11.9. The zero-order valence-corrected chi connectivity index (χ0v) is 20.2. The molecule has 0 rings (SSSR count). The predicted molar refractivity (Wildman–Crippen MR) is 128 cm³/mol. The van der Waals surface area contributed by atoms with E-state index in [4.69, 9.17) is 10.2 Å². The minimum atomic E-state index is 0.102. The Morgan fingerprint density at radius 1 is 0.700 bits per heavy atom. The Bertz CT molecular complexity index is 358. The standard InChI is InChI=1S/C25H52N2O3/c1-24(2)16-13-11-9-7-5-3-4-6-8-10-12-14-17-25(30)26-18-15-19-27(20-22-28)21-23-29/h24,28-29H,3-23H2,1-2H3,(H,26,30). The Kier molecular flexibility index (Phi) is 22.5. The van der Waals surface area contributed by atoms with E-state index in [0.29, 0.717) is 26.1 Å². The monoisotopic (exact) mass is 428 g/mol. The molecule has 0 heterocycles. The first-order chi connectivity index (χ1) is 14.6. The van der Waals surface area contributed by atoms with Gasteiger partial charge in [-0.2, -0.15) is 0 Å². The fourth-order valence-corrected chi connectivity index (χ4v) is 3.84. The number of nitrogens with zero attached hydrogens (tertiary/aromatic N) is 1. The second-order valence-corrected chi connectivity index (χ2v) is 9.17. The van der Waals surface area contributed by atoms with Gasteiger partial charge in [0.25, 0.3) is 0 Å². The molecule has 0 atom stereocenters. The van der Waals surface area contributed by atoms with Crippen LogP contribution in [-0.4, -0.2) is 60.4 Å². The Morgan fingerprint density at radius 2 is 1.17 bits per heavy atom. The van der Waals surface area contributed by atoms with E-state index in [1.54, 1.807) is 0 Å². The highest BCUT2D eigenvalue weighted by atomic mass is 16.3. The van der Waals surface area contributed by atoms with Gasteiger partial charge in [-0.1, -0.05) is 90.9 Å². The molecular weight excluding hydrogens is 376 g/mol. The highest BCUT2D eigenvalue weighted by Gasteiger charge is 2.04. The molecule has 0 saturated carbocycles. The third kappa shape index (κ3) is 22.0. The highest BCUT2D eigenvalue weighted by Crippen LogP contribution is 2.14. The summed E-state index contributed by atoms with van der Waals surface area (Å²) in [5.41, 5.74) is 0. The minimum absolute atomic E-state index is 0.102. The molecular formula is C25H52N2O3. The van der Waals surface area contributed by atoms with Crippen LogP contribution in [0.15, 0.2) is 0 Å². The lowest BCUT2D eigenvalue weighted by molar-refractivity contribution is -0.121. The number of aliphatic hydroxyl groups excluding tert-OH is 2. The van der Waals surface area contributed by atoms with Crippen LogP contribution in [0.5, 0.6) is 0 Å². The quantitative estimate of drug-likeness (QED) is 0.202. The third-order valence-corrected chi connectivity index (χ3v) is 5.74. The largest absolute Gasteiger partial charge is 0.395 e. The van der Waals surface area contributed by atoms with Crippen molar-refractivity contribution in [3.8, 4) is 0 Å². The van der Waals surface area contributed by atoms with Crippen molar-refractivity contribution in [2.45, 2.75) is 110 Å². The van der Waals surface area contributed by atoms with Crippen molar-refractivity contribution in [3.05, 3.63) is 0 Å². The second-order valence-electron chi connectivity index (χ2n) is 9.17. The second kappa shape index (κ2) is 23.0. The average molecular weight is 429 g/mol. The Morgan fingerprint density at radius 3 is 1.63 bits per heavy atom. The number of amides is 1. The number of nitrogens with one attached hydrogen (secondary N) is 1. The van der Waals surface area contributed by atoms with Gasteiger partial charge in [-0.15, -0.1) is 0 Å². The van der Waals surface area contributed by atoms with Gasteiger partial charge in [0.1, 0.15) is 0 Å². The van der Waals surface area contributed by atoms with Gasteiger partial charge >= 0.3 is 0 Å². The third-order valence-electron chi connectivity index (χ3n) is 5.74. The van der Waals surface area contributed by atoms with Crippen LogP contribution in [0.1, 0.15) is 110 Å². The summed E-state index contributed by atoms with van der Waals surface area (Å²) in [5, 5.41) is 20.9. The molecule has 180 valence electrons. The van der Waals surface area contributed by atoms with Crippen molar-refractivity contribution < 1.29 is 15.0 Å². The zero-order valence-electron chi connectivity index (χ0n) is 20.2. The van der Waals surface area contributed by atoms with Crippen molar-refractivity contribution in [1.82, 2.24) is 10.2 Å². The van der Waals surface area contributed by atoms with Crippen LogP contribution < -0.4 is 5.32 Å². The number of aliphatic hydroxyl groups is 2. The van der Waals surface area contributed by atoms with Gasteiger partial charge in [-0.25, -0.2) is 0 Å². The molecule has 0 aliphatic carbocycles. The van der Waals surface area contributed by atoms with Gasteiger partial charge in [0.15, 0.2) is 0 Å². The van der Waals surface area contributed by atoms with Gasteiger partial charge in [-0.05, 0) is 25.3 Å². The first-order valence-corrected chi connectivity index (χ1v) is 12.8. The Labute approximate surface area is 187 Å². The SMILES string of the molecule is CC(C)CCCCCCCCCCCCCCC(=O)NCCCN(CCO)CCO. The minimum Gasteiger partial charge on any atom is -0.395 e. The summed E-state index contributed by atoms with van der Waals surface area (Å²) in [5.74, 6) is 1.01.